The van der Waals surface area contributed by atoms with Crippen LogP contribution in [0.15, 0.2) is 71.0 Å². The molecule has 2 aromatic heterocycles. The average Bonchev–Trinajstić information content (AvgIpc) is 3.61. The number of ether oxygens (including phenoxy) is 2. The zero-order valence-corrected chi connectivity index (χ0v) is 25.3. The van der Waals surface area contributed by atoms with E-state index in [-0.39, 0.29) is 11.0 Å². The first-order chi connectivity index (χ1) is 19.9. The van der Waals surface area contributed by atoms with E-state index in [4.69, 9.17) is 38.1 Å². The van der Waals surface area contributed by atoms with Gasteiger partial charge in [0.15, 0.2) is 11.3 Å². The van der Waals surface area contributed by atoms with Crippen molar-refractivity contribution >= 4 is 33.2 Å². The van der Waals surface area contributed by atoms with Gasteiger partial charge in [0.25, 0.3) is 10.0 Å². The van der Waals surface area contributed by atoms with E-state index in [9.17, 15) is 17.6 Å². The molecule has 4 aromatic rings. The summed E-state index contributed by atoms with van der Waals surface area (Å²) in [5, 5.41) is 12.5. The maximum Gasteiger partial charge on any atom is 0.343 e. The lowest BCUT2D eigenvalue weighted by molar-refractivity contribution is -0.189. The van der Waals surface area contributed by atoms with Gasteiger partial charge in [0.05, 0.1) is 28.8 Å². The molecule has 0 bridgehead atoms. The summed E-state index contributed by atoms with van der Waals surface area (Å²) in [5.41, 5.74) is -0.0652. The van der Waals surface area contributed by atoms with Crippen LogP contribution in [-0.4, -0.2) is 44.4 Å². The number of hydrogen-bond acceptors (Lipinski definition) is 8. The molecule has 1 aliphatic rings. The molecule has 1 aliphatic heterocycles. The third kappa shape index (κ3) is 6.65. The van der Waals surface area contributed by atoms with E-state index in [2.05, 4.69) is 17.0 Å². The van der Waals surface area contributed by atoms with Crippen LogP contribution in [0, 0.1) is 18.2 Å². The molecule has 0 amide bonds. The second-order valence-electron chi connectivity index (χ2n) is 9.59. The molecule has 3 heterocycles. The highest BCUT2D eigenvalue weighted by atomic mass is 35.5. The monoisotopic (exact) mass is 638 g/mol. The van der Waals surface area contributed by atoms with E-state index in [0.29, 0.717) is 37.9 Å². The minimum absolute atomic E-state index is 0.0419. The van der Waals surface area contributed by atoms with Gasteiger partial charge < -0.3 is 9.47 Å². The molecular weight excluding hydrogens is 610 g/mol. The summed E-state index contributed by atoms with van der Waals surface area (Å²) in [7, 11) is -3.05. The molecule has 5 rings (SSSR count). The molecule has 0 saturated carbocycles. The first-order valence-electron chi connectivity index (χ1n) is 12.8. The van der Waals surface area contributed by atoms with Crippen LogP contribution in [0.4, 0.5) is 4.39 Å². The van der Waals surface area contributed by atoms with E-state index in [0.717, 1.165) is 31.0 Å². The molecule has 2 unspecified atom stereocenters. The fraction of sp³-hybridized carbons (Fsp3) is 0.333. The second-order valence-corrected chi connectivity index (χ2v) is 12.2. The van der Waals surface area contributed by atoms with E-state index in [1.807, 2.05) is 6.07 Å². The molecule has 1 N–H and O–H groups in total. The Morgan fingerprint density at radius 3 is 2.52 bits per heavy atom. The molecule has 15 heteroatoms. The standard InChI is InChI=1S/C15H17Cl2N3O2.C12H12FN3O3S/c1-2-3-12-7-21-15(22-12,8-20-10-18-9-19-20)13-5-4-11(16)6-14(13)17;1-8-3-5-9(6-4-8)20(18,19)16-7-10(13)11(14)15(2)12(16)17/h4-6,9-10,12H,2-3,7-8H2,1H3;3-7,14H,1-2H3. The van der Waals surface area contributed by atoms with E-state index < -0.39 is 32.8 Å². The molecule has 1 saturated heterocycles. The molecule has 11 nitrogen and oxygen atoms in total. The first kappa shape index (κ1) is 31.6. The highest BCUT2D eigenvalue weighted by Crippen LogP contribution is 2.41. The van der Waals surface area contributed by atoms with Crippen LogP contribution in [0.25, 0.3) is 0 Å². The summed E-state index contributed by atoms with van der Waals surface area (Å²) < 4.78 is 53.0. The van der Waals surface area contributed by atoms with Crippen molar-refractivity contribution in [3.05, 3.63) is 104 Å². The normalized spacial score (nSPS) is 18.5. The number of halogens is 3. The summed E-state index contributed by atoms with van der Waals surface area (Å²) in [5.74, 6) is -2.06. The van der Waals surface area contributed by atoms with Crippen molar-refractivity contribution in [1.82, 2.24) is 23.3 Å². The summed E-state index contributed by atoms with van der Waals surface area (Å²) in [6.45, 7) is 4.82. The van der Waals surface area contributed by atoms with Crippen molar-refractivity contribution in [2.24, 2.45) is 7.05 Å². The highest BCUT2D eigenvalue weighted by Gasteiger charge is 2.45. The second kappa shape index (κ2) is 12.9. The third-order valence-electron chi connectivity index (χ3n) is 6.49. The Hall–Kier alpha value is -3.36. The molecular formula is C27H29Cl2FN6O5S. The Balaban J connectivity index is 0.000000194. The van der Waals surface area contributed by atoms with Gasteiger partial charge in [-0.3, -0.25) is 9.98 Å². The molecule has 0 aliphatic carbocycles. The SMILES string of the molecule is CCCC1COC(Cn2cncn2)(c2ccc(Cl)cc2Cl)O1.Cc1ccc(S(=O)(=O)n2cc(F)c(=N)n(C)c2=O)cc1. The van der Waals surface area contributed by atoms with Crippen LogP contribution in [-0.2, 0) is 38.9 Å². The van der Waals surface area contributed by atoms with Gasteiger partial charge in [0, 0.05) is 17.6 Å². The smallest absolute Gasteiger partial charge is 0.342 e. The van der Waals surface area contributed by atoms with E-state index in [1.165, 1.54) is 18.5 Å². The van der Waals surface area contributed by atoms with Crippen LogP contribution >= 0.6 is 23.2 Å². The van der Waals surface area contributed by atoms with Gasteiger partial charge in [-0.2, -0.15) is 9.07 Å². The number of rotatable bonds is 7. The van der Waals surface area contributed by atoms with Crippen LogP contribution in [0.5, 0.6) is 0 Å². The number of hydrogen-bond donors (Lipinski definition) is 1. The van der Waals surface area contributed by atoms with Crippen LogP contribution in [0.2, 0.25) is 10.0 Å². The van der Waals surface area contributed by atoms with Gasteiger partial charge in [0.1, 0.15) is 19.2 Å². The predicted molar refractivity (Wildman–Crippen MR) is 153 cm³/mol. The Morgan fingerprint density at radius 2 is 1.90 bits per heavy atom. The molecule has 0 spiro atoms. The number of nitrogens with one attached hydrogen (secondary N) is 1. The van der Waals surface area contributed by atoms with Gasteiger partial charge in [-0.25, -0.2) is 27.3 Å². The van der Waals surface area contributed by atoms with Crippen molar-refractivity contribution in [1.29, 1.82) is 5.41 Å². The zero-order valence-electron chi connectivity index (χ0n) is 23.0. The number of aromatic nitrogens is 5. The van der Waals surface area contributed by atoms with Gasteiger partial charge in [0.2, 0.25) is 5.79 Å². The lowest BCUT2D eigenvalue weighted by Crippen LogP contribution is -2.41. The first-order valence-corrected chi connectivity index (χ1v) is 15.0. The lowest BCUT2D eigenvalue weighted by Gasteiger charge is -2.29. The quantitative estimate of drug-likeness (QED) is 0.323. The van der Waals surface area contributed by atoms with Crippen molar-refractivity contribution in [3.63, 3.8) is 0 Å². The number of aryl methyl sites for hydroxylation is 1. The van der Waals surface area contributed by atoms with Crippen molar-refractivity contribution < 1.29 is 22.3 Å². The maximum atomic E-state index is 13.5. The fourth-order valence-corrected chi connectivity index (χ4v) is 6.10. The minimum atomic E-state index is -4.19. The van der Waals surface area contributed by atoms with E-state index >= 15 is 0 Å². The minimum Gasteiger partial charge on any atom is -0.342 e. The summed E-state index contributed by atoms with van der Waals surface area (Å²) >= 11 is 12.4. The van der Waals surface area contributed by atoms with Crippen LogP contribution in [0.3, 0.4) is 0 Å². The summed E-state index contributed by atoms with van der Waals surface area (Å²) in [4.78, 5) is 15.7. The molecule has 224 valence electrons. The number of nitrogens with zero attached hydrogens (tertiary/aromatic N) is 5. The van der Waals surface area contributed by atoms with E-state index in [1.54, 1.807) is 42.2 Å². The van der Waals surface area contributed by atoms with Crippen LogP contribution < -0.4 is 11.2 Å². The predicted octanol–water partition coefficient (Wildman–Crippen LogP) is 4.00. The highest BCUT2D eigenvalue weighted by molar-refractivity contribution is 7.90. The van der Waals surface area contributed by atoms with Gasteiger partial charge >= 0.3 is 5.69 Å². The summed E-state index contributed by atoms with van der Waals surface area (Å²) in [6, 6.07) is 11.1. The number of benzene rings is 2. The van der Waals surface area contributed by atoms with Gasteiger partial charge in [-0.05, 0) is 37.6 Å². The molecule has 2 atom stereocenters. The maximum absolute atomic E-state index is 13.5. The Labute approximate surface area is 251 Å². The molecule has 0 radical (unpaired) electrons. The molecule has 42 heavy (non-hydrogen) atoms. The Kier molecular flexibility index (Phi) is 9.68. The average molecular weight is 640 g/mol. The van der Waals surface area contributed by atoms with Crippen molar-refractivity contribution in [3.8, 4) is 0 Å². The zero-order chi connectivity index (χ0) is 30.7. The largest absolute Gasteiger partial charge is 0.343 e. The molecule has 2 aromatic carbocycles. The fourth-order valence-electron chi connectivity index (χ4n) is 4.28. The van der Waals surface area contributed by atoms with Gasteiger partial charge in [-0.1, -0.05) is 60.3 Å². The lowest BCUT2D eigenvalue weighted by atomic mass is 10.1. The Morgan fingerprint density at radius 1 is 1.19 bits per heavy atom. The molecule has 1 fully saturated rings. The third-order valence-corrected chi connectivity index (χ3v) is 8.69. The summed E-state index contributed by atoms with van der Waals surface area (Å²) in [6.07, 6.45) is 5.63. The van der Waals surface area contributed by atoms with Crippen molar-refractivity contribution in [2.75, 3.05) is 6.61 Å². The van der Waals surface area contributed by atoms with Gasteiger partial charge in [-0.15, -0.1) is 0 Å². The topological polar surface area (TPSA) is 134 Å². The van der Waals surface area contributed by atoms with Crippen molar-refractivity contribution in [2.45, 2.75) is 50.0 Å². The van der Waals surface area contributed by atoms with Crippen LogP contribution in [0.1, 0.15) is 30.9 Å². The Bertz CT molecular complexity index is 1780.